The number of hydrogen-bond donors (Lipinski definition) is 4. The first kappa shape index (κ1) is 38.4. The number of nitrogens with one attached hydrogen (secondary N) is 4. The van der Waals surface area contributed by atoms with Crippen LogP contribution in [0.25, 0.3) is 33.6 Å². The van der Waals surface area contributed by atoms with Gasteiger partial charge in [0.2, 0.25) is 11.8 Å². The van der Waals surface area contributed by atoms with Crippen molar-refractivity contribution in [3.8, 4) is 33.6 Å². The fraction of sp³-hybridized carbons (Fsp3) is 0.349. The SMILES string of the molecule is COC(=O)N[C@H]1CCc2cccc3c2N(C1=O)[C@H](c1ncc(-c2ccc(-c4ccc(-c5cnc([C@@H]6COCCN6C(=O)[C@@H](NC(=O)OC)C(C)C)[nH]5)cc4)cc2)[nH]1)C3. The Bertz CT molecular complexity index is 2320. The van der Waals surface area contributed by atoms with E-state index >= 15 is 0 Å². The summed E-state index contributed by atoms with van der Waals surface area (Å²) in [7, 11) is 2.57. The second kappa shape index (κ2) is 16.2. The van der Waals surface area contributed by atoms with Crippen molar-refractivity contribution in [2.24, 2.45) is 5.92 Å². The zero-order chi connectivity index (χ0) is 40.5. The van der Waals surface area contributed by atoms with Crippen LogP contribution in [0.4, 0.5) is 15.3 Å². The molecule has 8 rings (SSSR count). The van der Waals surface area contributed by atoms with Gasteiger partial charge in [-0.2, -0.15) is 0 Å². The molecule has 0 bridgehead atoms. The van der Waals surface area contributed by atoms with Crippen molar-refractivity contribution in [1.29, 1.82) is 0 Å². The van der Waals surface area contributed by atoms with E-state index in [1.807, 2.05) is 50.2 Å². The van der Waals surface area contributed by atoms with Crippen LogP contribution in [0, 0.1) is 5.92 Å². The van der Waals surface area contributed by atoms with Crippen LogP contribution in [-0.2, 0) is 36.6 Å². The minimum Gasteiger partial charge on any atom is -0.453 e. The molecule has 4 amide bonds. The van der Waals surface area contributed by atoms with E-state index < -0.39 is 30.3 Å². The molecule has 15 nitrogen and oxygen atoms in total. The number of carbonyl (C=O) groups is 4. The van der Waals surface area contributed by atoms with Crippen LogP contribution in [0.15, 0.2) is 79.1 Å². The van der Waals surface area contributed by atoms with Crippen molar-refractivity contribution < 1.29 is 33.4 Å². The molecule has 4 N–H and O–H groups in total. The number of hydrogen-bond acceptors (Lipinski definition) is 9. The minimum atomic E-state index is -0.751. The normalized spacial score (nSPS) is 19.3. The molecule has 3 aliphatic heterocycles. The quantitative estimate of drug-likeness (QED) is 0.145. The number of methoxy groups -OCH3 is 2. The smallest absolute Gasteiger partial charge is 0.407 e. The molecule has 300 valence electrons. The molecule has 3 aromatic carbocycles. The van der Waals surface area contributed by atoms with Gasteiger partial charge in [0.15, 0.2) is 0 Å². The number of nitrogens with zero attached hydrogens (tertiary/aromatic N) is 4. The molecule has 15 heteroatoms. The number of ether oxygens (including phenoxy) is 3. The highest BCUT2D eigenvalue weighted by Gasteiger charge is 2.43. The second-order valence-electron chi connectivity index (χ2n) is 15.1. The third-order valence-electron chi connectivity index (χ3n) is 11.2. The van der Waals surface area contributed by atoms with Gasteiger partial charge in [0.25, 0.3) is 0 Å². The van der Waals surface area contributed by atoms with E-state index in [0.29, 0.717) is 44.1 Å². The first-order chi connectivity index (χ1) is 28.1. The number of H-pyrrole nitrogens is 2. The van der Waals surface area contributed by atoms with E-state index in [2.05, 4.69) is 55.9 Å². The van der Waals surface area contributed by atoms with Gasteiger partial charge in [-0.15, -0.1) is 0 Å². The molecule has 58 heavy (non-hydrogen) atoms. The summed E-state index contributed by atoms with van der Waals surface area (Å²) in [6.45, 7) is 4.79. The predicted octanol–water partition coefficient (Wildman–Crippen LogP) is 5.72. The van der Waals surface area contributed by atoms with Crippen LogP contribution in [-0.4, -0.2) is 94.9 Å². The Balaban J connectivity index is 0.956. The third kappa shape index (κ3) is 7.40. The first-order valence-corrected chi connectivity index (χ1v) is 19.5. The van der Waals surface area contributed by atoms with Crippen LogP contribution in [0.2, 0.25) is 0 Å². The molecular formula is C43H46N8O7. The maximum Gasteiger partial charge on any atom is 0.407 e. The summed E-state index contributed by atoms with van der Waals surface area (Å²) in [6.07, 6.45) is 4.02. The minimum absolute atomic E-state index is 0.152. The Kier molecular flexibility index (Phi) is 10.7. The Morgan fingerprint density at radius 1 is 0.810 bits per heavy atom. The van der Waals surface area contributed by atoms with Crippen molar-refractivity contribution in [3.05, 3.63) is 102 Å². The number of aromatic nitrogens is 4. The van der Waals surface area contributed by atoms with Gasteiger partial charge in [-0.3, -0.25) is 14.5 Å². The Morgan fingerprint density at radius 3 is 2.00 bits per heavy atom. The van der Waals surface area contributed by atoms with Crippen LogP contribution in [0.3, 0.4) is 0 Å². The molecule has 2 aromatic heterocycles. The molecule has 0 saturated carbocycles. The van der Waals surface area contributed by atoms with Crippen LogP contribution in [0.1, 0.15) is 55.1 Å². The van der Waals surface area contributed by atoms with Gasteiger partial charge in [-0.1, -0.05) is 80.6 Å². The fourth-order valence-electron chi connectivity index (χ4n) is 8.15. The topological polar surface area (TPSA) is 184 Å². The average molecular weight is 787 g/mol. The number of aryl methyl sites for hydroxylation is 1. The van der Waals surface area contributed by atoms with E-state index in [-0.39, 0.29) is 30.4 Å². The monoisotopic (exact) mass is 786 g/mol. The number of amides is 4. The second-order valence-corrected chi connectivity index (χ2v) is 15.1. The van der Waals surface area contributed by atoms with Gasteiger partial charge < -0.3 is 39.7 Å². The van der Waals surface area contributed by atoms with Gasteiger partial charge >= 0.3 is 12.2 Å². The Morgan fingerprint density at radius 2 is 1.40 bits per heavy atom. The molecule has 4 atom stereocenters. The lowest BCUT2D eigenvalue weighted by molar-refractivity contribution is -0.143. The van der Waals surface area contributed by atoms with E-state index in [1.54, 1.807) is 22.2 Å². The highest BCUT2D eigenvalue weighted by molar-refractivity contribution is 6.02. The lowest BCUT2D eigenvalue weighted by atomic mass is 10.0. The number of carbonyl (C=O) groups excluding carboxylic acids is 4. The molecule has 0 aliphatic carbocycles. The summed E-state index contributed by atoms with van der Waals surface area (Å²) < 4.78 is 15.3. The molecule has 5 aromatic rings. The standard InChI is InChI=1S/C43H46N8O7/c1-24(2)36(49-43(55)57-4)41(53)50-18-19-58-23-35(50)39-45-22-33(47-39)28-14-10-26(11-15-28)25-8-12-27(13-9-25)32-21-44-38(46-32)34-20-30-7-5-6-29-16-17-31(48-42(54)56-3)40(52)51(34)37(29)30/h5-15,21-22,24,31,34-36H,16-20,23H2,1-4H3,(H,44,46)(H,45,47)(H,48,54)(H,49,55)/t31-,34-,35-,36-/m0/s1. The maximum absolute atomic E-state index is 13.9. The number of alkyl carbamates (subject to hydrolysis) is 2. The van der Waals surface area contributed by atoms with Crippen LogP contribution in [0.5, 0.6) is 0 Å². The van der Waals surface area contributed by atoms with Gasteiger partial charge in [0.05, 0.1) is 62.9 Å². The highest BCUT2D eigenvalue weighted by Crippen LogP contribution is 2.44. The highest BCUT2D eigenvalue weighted by atomic mass is 16.5. The van der Waals surface area contributed by atoms with E-state index in [9.17, 15) is 19.2 Å². The van der Waals surface area contributed by atoms with Crippen molar-refractivity contribution in [2.75, 3.05) is 38.9 Å². The molecular weight excluding hydrogens is 741 g/mol. The van der Waals surface area contributed by atoms with Crippen molar-refractivity contribution in [3.63, 3.8) is 0 Å². The summed E-state index contributed by atoms with van der Waals surface area (Å²) in [5.74, 6) is 0.735. The average Bonchev–Trinajstić information content (AvgIpc) is 4.02. The van der Waals surface area contributed by atoms with Gasteiger partial charge in [-0.25, -0.2) is 19.6 Å². The van der Waals surface area contributed by atoms with Crippen LogP contribution < -0.4 is 15.5 Å². The van der Waals surface area contributed by atoms with E-state index in [4.69, 9.17) is 19.2 Å². The van der Waals surface area contributed by atoms with Gasteiger partial charge in [0.1, 0.15) is 29.8 Å². The summed E-state index contributed by atoms with van der Waals surface area (Å²) in [5, 5.41) is 5.40. The fourth-order valence-corrected chi connectivity index (χ4v) is 8.15. The summed E-state index contributed by atoms with van der Waals surface area (Å²) in [5.41, 5.74) is 8.66. The molecule has 1 fully saturated rings. The number of benzene rings is 3. The van der Waals surface area contributed by atoms with Crippen LogP contribution >= 0.6 is 0 Å². The summed E-state index contributed by atoms with van der Waals surface area (Å²) >= 11 is 0. The molecule has 0 spiro atoms. The van der Waals surface area contributed by atoms with E-state index in [0.717, 1.165) is 50.5 Å². The summed E-state index contributed by atoms with van der Waals surface area (Å²) in [6, 6.07) is 20.2. The lowest BCUT2D eigenvalue weighted by Gasteiger charge is -2.37. The molecule has 1 saturated heterocycles. The third-order valence-corrected chi connectivity index (χ3v) is 11.2. The number of imidazole rings is 2. The number of anilines is 1. The molecule has 0 unspecified atom stereocenters. The zero-order valence-electron chi connectivity index (χ0n) is 32.8. The largest absolute Gasteiger partial charge is 0.453 e. The zero-order valence-corrected chi connectivity index (χ0v) is 32.8. The van der Waals surface area contributed by atoms with Gasteiger partial charge in [-0.05, 0) is 52.1 Å². The predicted molar refractivity (Wildman–Crippen MR) is 215 cm³/mol. The number of morpholine rings is 1. The number of rotatable bonds is 9. The molecule has 0 radical (unpaired) electrons. The Hall–Kier alpha value is -6.48. The van der Waals surface area contributed by atoms with Gasteiger partial charge in [0, 0.05) is 13.0 Å². The van der Waals surface area contributed by atoms with E-state index in [1.165, 1.54) is 14.2 Å². The Labute approximate surface area is 335 Å². The number of para-hydroxylation sites is 1. The number of aromatic amines is 2. The summed E-state index contributed by atoms with van der Waals surface area (Å²) in [4.78, 5) is 71.4. The van der Waals surface area contributed by atoms with Crippen molar-refractivity contribution >= 4 is 29.7 Å². The molecule has 5 heterocycles. The van der Waals surface area contributed by atoms with Crippen molar-refractivity contribution in [2.45, 2.75) is 57.3 Å². The first-order valence-electron chi connectivity index (χ1n) is 19.5. The molecule has 3 aliphatic rings. The maximum atomic E-state index is 13.9. The van der Waals surface area contributed by atoms with Crippen molar-refractivity contribution in [1.82, 2.24) is 35.5 Å². The lowest BCUT2D eigenvalue weighted by Crippen LogP contribution is -2.54.